The van der Waals surface area contributed by atoms with Crippen LogP contribution in [-0.4, -0.2) is 43.4 Å². The maximum absolute atomic E-state index is 12.7. The van der Waals surface area contributed by atoms with Crippen LogP contribution in [0.15, 0.2) is 41.6 Å². The van der Waals surface area contributed by atoms with Gasteiger partial charge in [-0.05, 0) is 43.9 Å². The normalized spacial score (nSPS) is 17.4. The summed E-state index contributed by atoms with van der Waals surface area (Å²) < 4.78 is 1.40. The Morgan fingerprint density at radius 3 is 2.53 bits per heavy atom. The average Bonchev–Trinajstić information content (AvgIpc) is 3.60. The topological polar surface area (TPSA) is 81.0 Å². The fourth-order valence-electron chi connectivity index (χ4n) is 4.06. The van der Waals surface area contributed by atoms with Crippen LogP contribution in [0.2, 0.25) is 5.02 Å². The third-order valence-corrected chi connectivity index (χ3v) is 6.20. The van der Waals surface area contributed by atoms with Gasteiger partial charge in [-0.3, -0.25) is 14.2 Å². The van der Waals surface area contributed by atoms with Gasteiger partial charge in [-0.1, -0.05) is 11.6 Å². The first kappa shape index (κ1) is 19.2. The summed E-state index contributed by atoms with van der Waals surface area (Å²) in [6.45, 7) is 1.35. The quantitative estimate of drug-likeness (QED) is 0.644. The Labute approximate surface area is 178 Å². The highest BCUT2D eigenvalue weighted by Gasteiger charge is 2.27. The van der Waals surface area contributed by atoms with Gasteiger partial charge in [0.1, 0.15) is 6.54 Å². The first-order valence-electron chi connectivity index (χ1n) is 10.3. The summed E-state index contributed by atoms with van der Waals surface area (Å²) in [4.78, 5) is 40.2. The lowest BCUT2D eigenvalue weighted by molar-refractivity contribution is -0.133. The lowest BCUT2D eigenvalue weighted by Gasteiger charge is -2.32. The zero-order chi connectivity index (χ0) is 20.7. The molecule has 8 heteroatoms. The first-order chi connectivity index (χ1) is 14.6. The molecule has 0 N–H and O–H groups in total. The Kier molecular flexibility index (Phi) is 4.98. The number of aromatic nitrogens is 4. The van der Waals surface area contributed by atoms with E-state index in [-0.39, 0.29) is 23.9 Å². The Balaban J connectivity index is 1.22. The van der Waals surface area contributed by atoms with Crippen LogP contribution in [0.25, 0.3) is 11.0 Å². The molecule has 30 heavy (non-hydrogen) atoms. The summed E-state index contributed by atoms with van der Waals surface area (Å²) in [5, 5.41) is 1.52. The van der Waals surface area contributed by atoms with Gasteiger partial charge >= 0.3 is 0 Å². The predicted octanol–water partition coefficient (Wildman–Crippen LogP) is 3.12. The molecule has 154 valence electrons. The molecule has 7 nitrogen and oxygen atoms in total. The van der Waals surface area contributed by atoms with Crippen LogP contribution in [0.5, 0.6) is 0 Å². The molecule has 2 fully saturated rings. The molecule has 3 aromatic rings. The largest absolute Gasteiger partial charge is 0.341 e. The molecule has 1 saturated heterocycles. The standard InChI is InChI=1S/C22H22ClN5O2/c23-17-9-16-3-4-18(26-22(16)24-11-17)15-5-7-27(8-6-15)21(30)12-28-13-25-19(10-20(28)29)14-1-2-14/h3-4,9-11,13-15H,1-2,5-8,12H2. The van der Waals surface area contributed by atoms with Gasteiger partial charge in [0.2, 0.25) is 5.91 Å². The van der Waals surface area contributed by atoms with E-state index >= 15 is 0 Å². The number of carbonyl (C=O) groups is 1. The number of hydrogen-bond donors (Lipinski definition) is 0. The van der Waals surface area contributed by atoms with E-state index in [9.17, 15) is 9.59 Å². The van der Waals surface area contributed by atoms with E-state index in [1.54, 1.807) is 12.3 Å². The molecule has 0 spiro atoms. The summed E-state index contributed by atoms with van der Waals surface area (Å²) in [6.07, 6.45) is 6.99. The number of likely N-dealkylation sites (tertiary alicyclic amines) is 1. The third-order valence-electron chi connectivity index (χ3n) is 6.00. The van der Waals surface area contributed by atoms with Crippen LogP contribution in [0.3, 0.4) is 0 Å². The zero-order valence-electron chi connectivity index (χ0n) is 16.5. The third kappa shape index (κ3) is 3.94. The number of halogens is 1. The fraction of sp³-hybridized carbons (Fsp3) is 0.409. The minimum Gasteiger partial charge on any atom is -0.341 e. The van der Waals surface area contributed by atoms with Crippen molar-refractivity contribution in [1.29, 1.82) is 0 Å². The van der Waals surface area contributed by atoms with Gasteiger partial charge in [-0.25, -0.2) is 15.0 Å². The Morgan fingerprint density at radius 2 is 1.80 bits per heavy atom. The molecule has 4 heterocycles. The van der Waals surface area contributed by atoms with Gasteiger partial charge in [0.25, 0.3) is 5.56 Å². The van der Waals surface area contributed by atoms with Crippen LogP contribution in [0.1, 0.15) is 48.9 Å². The smallest absolute Gasteiger partial charge is 0.254 e. The van der Waals surface area contributed by atoms with Crippen molar-refractivity contribution in [2.45, 2.75) is 44.1 Å². The van der Waals surface area contributed by atoms with Gasteiger partial charge in [-0.15, -0.1) is 0 Å². The van der Waals surface area contributed by atoms with E-state index in [0.29, 0.717) is 29.7 Å². The van der Waals surface area contributed by atoms with Crippen LogP contribution >= 0.6 is 11.6 Å². The fourth-order valence-corrected chi connectivity index (χ4v) is 4.22. The summed E-state index contributed by atoms with van der Waals surface area (Å²) in [6, 6.07) is 7.45. The van der Waals surface area contributed by atoms with Crippen molar-refractivity contribution in [1.82, 2.24) is 24.4 Å². The SMILES string of the molecule is O=C(Cn1cnc(C2CC2)cc1=O)N1CCC(c2ccc3cc(Cl)cnc3n2)CC1. The van der Waals surface area contributed by atoms with E-state index in [0.717, 1.165) is 42.5 Å². The number of amides is 1. The number of rotatable bonds is 4. The van der Waals surface area contributed by atoms with E-state index in [1.807, 2.05) is 23.1 Å². The molecule has 0 radical (unpaired) electrons. The molecular formula is C22H22ClN5O2. The van der Waals surface area contributed by atoms with Crippen molar-refractivity contribution in [2.24, 2.45) is 0 Å². The monoisotopic (exact) mass is 423 g/mol. The predicted molar refractivity (Wildman–Crippen MR) is 114 cm³/mol. The average molecular weight is 424 g/mol. The summed E-state index contributed by atoms with van der Waals surface area (Å²) in [5.74, 6) is 0.676. The second-order valence-corrected chi connectivity index (χ2v) is 8.58. The summed E-state index contributed by atoms with van der Waals surface area (Å²) in [5.41, 5.74) is 2.39. The van der Waals surface area contributed by atoms with Gasteiger partial charge < -0.3 is 4.90 Å². The van der Waals surface area contributed by atoms with Crippen LogP contribution in [-0.2, 0) is 11.3 Å². The second-order valence-electron chi connectivity index (χ2n) is 8.15. The lowest BCUT2D eigenvalue weighted by Crippen LogP contribution is -2.41. The molecule has 0 atom stereocenters. The Bertz CT molecular complexity index is 1170. The molecule has 5 rings (SSSR count). The van der Waals surface area contributed by atoms with Crippen molar-refractivity contribution in [2.75, 3.05) is 13.1 Å². The van der Waals surface area contributed by atoms with E-state index in [4.69, 9.17) is 11.6 Å². The molecule has 1 saturated carbocycles. The molecule has 1 amide bonds. The van der Waals surface area contributed by atoms with E-state index in [1.165, 1.54) is 10.9 Å². The highest BCUT2D eigenvalue weighted by atomic mass is 35.5. The molecule has 3 aromatic heterocycles. The molecule has 0 aromatic carbocycles. The van der Waals surface area contributed by atoms with Crippen molar-refractivity contribution >= 4 is 28.5 Å². The molecular weight excluding hydrogens is 402 g/mol. The minimum atomic E-state index is -0.150. The Morgan fingerprint density at radius 1 is 1.03 bits per heavy atom. The van der Waals surface area contributed by atoms with E-state index < -0.39 is 0 Å². The van der Waals surface area contributed by atoms with Gasteiger partial charge in [-0.2, -0.15) is 0 Å². The number of hydrogen-bond acceptors (Lipinski definition) is 5. The highest BCUT2D eigenvalue weighted by Crippen LogP contribution is 2.38. The van der Waals surface area contributed by atoms with Crippen molar-refractivity contribution in [3.8, 4) is 0 Å². The molecule has 0 unspecified atom stereocenters. The van der Waals surface area contributed by atoms with Gasteiger partial charge in [0, 0.05) is 48.3 Å². The van der Waals surface area contributed by atoms with Crippen LogP contribution in [0, 0.1) is 0 Å². The Hall–Kier alpha value is -2.80. The summed E-state index contributed by atoms with van der Waals surface area (Å²) >= 11 is 5.99. The zero-order valence-corrected chi connectivity index (χ0v) is 17.3. The summed E-state index contributed by atoms with van der Waals surface area (Å²) in [7, 11) is 0. The van der Waals surface area contributed by atoms with Gasteiger partial charge in [0.05, 0.1) is 17.0 Å². The van der Waals surface area contributed by atoms with Crippen molar-refractivity contribution < 1.29 is 4.79 Å². The molecule has 1 aliphatic carbocycles. The number of fused-ring (bicyclic) bond motifs is 1. The van der Waals surface area contributed by atoms with Gasteiger partial charge in [0.15, 0.2) is 5.65 Å². The molecule has 0 bridgehead atoms. The number of carbonyl (C=O) groups excluding carboxylic acids is 1. The highest BCUT2D eigenvalue weighted by molar-refractivity contribution is 6.31. The minimum absolute atomic E-state index is 0.0420. The van der Waals surface area contributed by atoms with E-state index in [2.05, 4.69) is 15.0 Å². The molecule has 2 aliphatic rings. The molecule has 1 aliphatic heterocycles. The van der Waals surface area contributed by atoms with Crippen LogP contribution in [0.4, 0.5) is 0 Å². The second kappa shape index (κ2) is 7.80. The number of piperidine rings is 1. The maximum Gasteiger partial charge on any atom is 0.254 e. The number of pyridine rings is 2. The number of nitrogens with zero attached hydrogens (tertiary/aromatic N) is 5. The van der Waals surface area contributed by atoms with Crippen LogP contribution < -0.4 is 5.56 Å². The maximum atomic E-state index is 12.7. The van der Waals surface area contributed by atoms with Crippen molar-refractivity contribution in [3.63, 3.8) is 0 Å². The van der Waals surface area contributed by atoms with Crippen molar-refractivity contribution in [3.05, 3.63) is 63.6 Å². The lowest BCUT2D eigenvalue weighted by atomic mass is 9.93. The first-order valence-corrected chi connectivity index (χ1v) is 10.7.